The molecule has 0 aliphatic heterocycles. The third-order valence-electron chi connectivity index (χ3n) is 2.22. The molecule has 13 heavy (non-hydrogen) atoms. The Balaban J connectivity index is 2.64. The van der Waals surface area contributed by atoms with Crippen molar-refractivity contribution in [1.82, 2.24) is 4.57 Å². The molecule has 0 bridgehead atoms. The molecule has 0 amide bonds. The second-order valence-corrected chi connectivity index (χ2v) is 3.08. The molecule has 2 nitrogen and oxygen atoms in total. The molecule has 2 aromatic rings. The van der Waals surface area contributed by atoms with E-state index in [2.05, 4.69) is 0 Å². The van der Waals surface area contributed by atoms with Crippen molar-refractivity contribution in [2.75, 3.05) is 0 Å². The van der Waals surface area contributed by atoms with Crippen LogP contribution < -0.4 is 0 Å². The standard InChI is InChI=1S/C11H10NO/c1-9(8-13)12-7-6-10-4-2-3-5-11(10)12/h2-7,9H,1H3. The Morgan fingerprint density at radius 3 is 2.85 bits per heavy atom. The maximum absolute atomic E-state index is 10.5. The molecule has 1 radical (unpaired) electrons. The molecule has 0 aliphatic carbocycles. The number of fused-ring (bicyclic) bond motifs is 1. The SMILES string of the molecule is CC([C]=O)n1ccc2ccccc21. The highest BCUT2D eigenvalue weighted by molar-refractivity contribution is 5.81. The van der Waals surface area contributed by atoms with Gasteiger partial charge in [0.2, 0.25) is 6.29 Å². The summed E-state index contributed by atoms with van der Waals surface area (Å²) in [6, 6.07) is 9.79. The van der Waals surface area contributed by atoms with E-state index < -0.39 is 0 Å². The molecule has 1 aromatic heterocycles. The lowest BCUT2D eigenvalue weighted by Gasteiger charge is -2.06. The Morgan fingerprint density at radius 2 is 2.08 bits per heavy atom. The van der Waals surface area contributed by atoms with Gasteiger partial charge in [0, 0.05) is 11.7 Å². The summed E-state index contributed by atoms with van der Waals surface area (Å²) >= 11 is 0. The number of aromatic nitrogens is 1. The predicted octanol–water partition coefficient (Wildman–Crippen LogP) is 2.31. The smallest absolute Gasteiger partial charge is 0.222 e. The average molecular weight is 172 g/mol. The Bertz CT molecular complexity index is 430. The van der Waals surface area contributed by atoms with Crippen LogP contribution in [0.15, 0.2) is 36.5 Å². The largest absolute Gasteiger partial charge is 0.337 e. The number of rotatable bonds is 2. The maximum Gasteiger partial charge on any atom is 0.222 e. The molecule has 2 rings (SSSR count). The summed E-state index contributed by atoms with van der Waals surface area (Å²) in [6.45, 7) is 1.83. The average Bonchev–Trinajstić information content (AvgIpc) is 2.60. The van der Waals surface area contributed by atoms with E-state index in [0.717, 1.165) is 10.9 Å². The Kier molecular flexibility index (Phi) is 1.89. The predicted molar refractivity (Wildman–Crippen MR) is 52.3 cm³/mol. The van der Waals surface area contributed by atoms with Crippen molar-refractivity contribution in [2.24, 2.45) is 0 Å². The van der Waals surface area contributed by atoms with Crippen LogP contribution in [-0.2, 0) is 4.79 Å². The van der Waals surface area contributed by atoms with E-state index >= 15 is 0 Å². The van der Waals surface area contributed by atoms with Gasteiger partial charge in [-0.05, 0) is 24.4 Å². The first-order chi connectivity index (χ1) is 6.33. The van der Waals surface area contributed by atoms with Crippen LogP contribution in [0, 0.1) is 0 Å². The number of nitrogens with zero attached hydrogens (tertiary/aromatic N) is 1. The molecule has 0 aliphatic rings. The number of benzene rings is 1. The number of carbonyl (C=O) groups excluding carboxylic acids is 1. The summed E-state index contributed by atoms with van der Waals surface area (Å²) in [5.74, 6) is 0. The lowest BCUT2D eigenvalue weighted by molar-refractivity contribution is 0.526. The first-order valence-electron chi connectivity index (χ1n) is 4.26. The fourth-order valence-electron chi connectivity index (χ4n) is 1.50. The van der Waals surface area contributed by atoms with E-state index in [1.165, 1.54) is 0 Å². The van der Waals surface area contributed by atoms with Crippen molar-refractivity contribution >= 4 is 17.2 Å². The topological polar surface area (TPSA) is 22.0 Å². The Hall–Kier alpha value is -1.57. The van der Waals surface area contributed by atoms with E-state index in [9.17, 15) is 4.79 Å². The van der Waals surface area contributed by atoms with E-state index in [-0.39, 0.29) is 6.04 Å². The van der Waals surface area contributed by atoms with Crippen LogP contribution in [0.5, 0.6) is 0 Å². The summed E-state index contributed by atoms with van der Waals surface area (Å²) in [6.07, 6.45) is 3.89. The minimum atomic E-state index is -0.208. The number of hydrogen-bond acceptors (Lipinski definition) is 1. The molecule has 65 valence electrons. The molecule has 2 heteroatoms. The lowest BCUT2D eigenvalue weighted by Crippen LogP contribution is -2.03. The summed E-state index contributed by atoms with van der Waals surface area (Å²) in [5, 5.41) is 1.16. The van der Waals surface area contributed by atoms with Crippen LogP contribution in [0.1, 0.15) is 13.0 Å². The van der Waals surface area contributed by atoms with Crippen molar-refractivity contribution in [2.45, 2.75) is 13.0 Å². The van der Waals surface area contributed by atoms with E-state index in [0.29, 0.717) is 0 Å². The van der Waals surface area contributed by atoms with Crippen molar-refractivity contribution in [3.05, 3.63) is 36.5 Å². The summed E-state index contributed by atoms with van der Waals surface area (Å²) in [5.41, 5.74) is 1.08. The first kappa shape index (κ1) is 8.05. The van der Waals surface area contributed by atoms with E-state index in [1.54, 1.807) is 0 Å². The van der Waals surface area contributed by atoms with Gasteiger partial charge in [0.05, 0.1) is 6.04 Å². The van der Waals surface area contributed by atoms with Crippen molar-refractivity contribution < 1.29 is 4.79 Å². The molecule has 0 fully saturated rings. The molecule has 0 saturated heterocycles. The van der Waals surface area contributed by atoms with Crippen molar-refractivity contribution in [1.29, 1.82) is 0 Å². The van der Waals surface area contributed by atoms with Crippen molar-refractivity contribution in [3.63, 3.8) is 0 Å². The van der Waals surface area contributed by atoms with E-state index in [4.69, 9.17) is 0 Å². The Morgan fingerprint density at radius 1 is 1.31 bits per heavy atom. The van der Waals surface area contributed by atoms with Crippen LogP contribution in [0.2, 0.25) is 0 Å². The van der Waals surface area contributed by atoms with Gasteiger partial charge in [-0.3, -0.25) is 4.79 Å². The Labute approximate surface area is 76.8 Å². The third kappa shape index (κ3) is 1.24. The van der Waals surface area contributed by atoms with Gasteiger partial charge in [-0.2, -0.15) is 0 Å². The van der Waals surface area contributed by atoms with Gasteiger partial charge in [-0.25, -0.2) is 0 Å². The molecule has 1 unspecified atom stereocenters. The normalized spacial score (nSPS) is 13.0. The van der Waals surface area contributed by atoms with Gasteiger partial charge in [0.15, 0.2) is 0 Å². The number of para-hydroxylation sites is 1. The third-order valence-corrected chi connectivity index (χ3v) is 2.22. The van der Waals surface area contributed by atoms with Gasteiger partial charge in [-0.15, -0.1) is 0 Å². The molecule has 0 spiro atoms. The molecular formula is C11H10NO. The zero-order valence-corrected chi connectivity index (χ0v) is 7.40. The molecule has 1 heterocycles. The second-order valence-electron chi connectivity index (χ2n) is 3.08. The van der Waals surface area contributed by atoms with E-state index in [1.807, 2.05) is 54.3 Å². The van der Waals surface area contributed by atoms with Crippen LogP contribution in [0.4, 0.5) is 0 Å². The quantitative estimate of drug-likeness (QED) is 0.681. The first-order valence-corrected chi connectivity index (χ1v) is 4.26. The van der Waals surface area contributed by atoms with Gasteiger partial charge in [-0.1, -0.05) is 18.2 Å². The number of hydrogen-bond donors (Lipinski definition) is 0. The van der Waals surface area contributed by atoms with Gasteiger partial charge < -0.3 is 4.57 Å². The van der Waals surface area contributed by atoms with Gasteiger partial charge >= 0.3 is 0 Å². The zero-order chi connectivity index (χ0) is 9.26. The monoisotopic (exact) mass is 172 g/mol. The van der Waals surface area contributed by atoms with Crippen LogP contribution >= 0.6 is 0 Å². The fraction of sp³-hybridized carbons (Fsp3) is 0.182. The van der Waals surface area contributed by atoms with Crippen LogP contribution in [-0.4, -0.2) is 10.9 Å². The molecule has 0 N–H and O–H groups in total. The van der Waals surface area contributed by atoms with Crippen LogP contribution in [0.3, 0.4) is 0 Å². The zero-order valence-electron chi connectivity index (χ0n) is 7.40. The molecular weight excluding hydrogens is 162 g/mol. The molecule has 1 atom stereocenters. The highest BCUT2D eigenvalue weighted by Crippen LogP contribution is 2.18. The van der Waals surface area contributed by atoms with Gasteiger partial charge in [0.1, 0.15) is 0 Å². The summed E-state index contributed by atoms with van der Waals surface area (Å²) in [4.78, 5) is 10.5. The highest BCUT2D eigenvalue weighted by Gasteiger charge is 2.06. The van der Waals surface area contributed by atoms with Gasteiger partial charge in [0.25, 0.3) is 0 Å². The highest BCUT2D eigenvalue weighted by atomic mass is 16.1. The minimum absolute atomic E-state index is 0.208. The molecule has 1 aromatic carbocycles. The second kappa shape index (κ2) is 3.05. The maximum atomic E-state index is 10.5. The van der Waals surface area contributed by atoms with Crippen molar-refractivity contribution in [3.8, 4) is 0 Å². The van der Waals surface area contributed by atoms with Crippen LogP contribution in [0.25, 0.3) is 10.9 Å². The minimum Gasteiger partial charge on any atom is -0.337 e. The molecule has 0 saturated carbocycles. The lowest BCUT2D eigenvalue weighted by atomic mass is 10.2. The fourth-order valence-corrected chi connectivity index (χ4v) is 1.50. The summed E-state index contributed by atoms with van der Waals surface area (Å²) in [7, 11) is 0. The summed E-state index contributed by atoms with van der Waals surface area (Å²) < 4.78 is 1.92.